The third-order valence-electron chi connectivity index (χ3n) is 9.97. The van der Waals surface area contributed by atoms with Gasteiger partial charge in [0.25, 0.3) is 11.8 Å². The van der Waals surface area contributed by atoms with E-state index in [1.807, 2.05) is 11.4 Å². The summed E-state index contributed by atoms with van der Waals surface area (Å²) >= 11 is 1.76. The Morgan fingerprint density at radius 1 is 1.07 bits per heavy atom. The number of aromatic nitrogens is 5. The third-order valence-corrected chi connectivity index (χ3v) is 12.0. The van der Waals surface area contributed by atoms with Crippen molar-refractivity contribution < 1.29 is 45.5 Å². The second kappa shape index (κ2) is 15.5. The number of hydrogen-bond acceptors (Lipinski definition) is 10. The zero-order valence-corrected chi connectivity index (χ0v) is 31.6. The number of H-pyrrole nitrogens is 1. The summed E-state index contributed by atoms with van der Waals surface area (Å²) in [6.07, 6.45) is -7.61. The first-order valence-corrected chi connectivity index (χ1v) is 19.3. The molecule has 2 aliphatic heterocycles. The lowest BCUT2D eigenvalue weighted by atomic mass is 9.77. The Morgan fingerprint density at radius 3 is 2.53 bits per heavy atom. The van der Waals surface area contributed by atoms with E-state index >= 15 is 4.79 Å². The minimum Gasteiger partial charge on any atom is -0.474 e. The molecule has 296 valence electrons. The van der Waals surface area contributed by atoms with Gasteiger partial charge in [-0.15, -0.1) is 32.9 Å². The second-order valence-electron chi connectivity index (χ2n) is 14.1. The molecule has 6 heterocycles. The molecule has 20 heteroatoms. The zero-order chi connectivity index (χ0) is 39.8. The molecular weight excluding hydrogens is 775 g/mol. The number of aromatic amines is 1. The maximum absolute atomic E-state index is 15.5. The number of likely N-dealkylation sites (tertiary alicyclic amines) is 1. The molecule has 12 nitrogen and oxygen atoms in total. The fourth-order valence-electron chi connectivity index (χ4n) is 7.38. The molecule has 1 fully saturated rings. The first kappa shape index (κ1) is 40.1. The Labute approximate surface area is 319 Å². The van der Waals surface area contributed by atoms with Crippen LogP contribution in [0, 0.1) is 5.41 Å². The number of rotatable bonds is 11. The number of amides is 3. The van der Waals surface area contributed by atoms with Gasteiger partial charge in [-0.05, 0) is 54.8 Å². The molecule has 0 spiro atoms. The molecule has 0 bridgehead atoms. The van der Waals surface area contributed by atoms with E-state index in [2.05, 4.69) is 30.9 Å². The number of pyridine rings is 1. The Bertz CT molecular complexity index is 2000. The summed E-state index contributed by atoms with van der Waals surface area (Å²) in [5.41, 5.74) is -4.28. The number of carbonyl (C=O) groups excluding carboxylic acids is 3. The molecule has 1 unspecified atom stereocenters. The van der Waals surface area contributed by atoms with E-state index in [0.717, 1.165) is 45.1 Å². The molecule has 55 heavy (non-hydrogen) atoms. The number of carbonyl (C=O) groups is 3. The molecule has 2 aliphatic rings. The predicted molar refractivity (Wildman–Crippen MR) is 188 cm³/mol. The molecule has 2 N–H and O–H groups in total. The lowest BCUT2D eigenvalue weighted by molar-refractivity contribution is -0.163. The van der Waals surface area contributed by atoms with Gasteiger partial charge in [0, 0.05) is 47.4 Å². The normalized spacial score (nSPS) is 20.6. The molecule has 3 amide bonds. The molecule has 0 aliphatic carbocycles. The van der Waals surface area contributed by atoms with Crippen LogP contribution in [-0.4, -0.2) is 77.9 Å². The lowest BCUT2D eigenvalue weighted by Crippen LogP contribution is -2.68. The first-order valence-electron chi connectivity index (χ1n) is 17.5. The number of piperidine rings is 1. The van der Waals surface area contributed by atoms with E-state index in [1.54, 1.807) is 25.7 Å². The fourth-order valence-corrected chi connectivity index (χ4v) is 9.13. The van der Waals surface area contributed by atoms with Gasteiger partial charge in [0.15, 0.2) is 5.82 Å². The molecule has 6 rings (SSSR count). The summed E-state index contributed by atoms with van der Waals surface area (Å²) in [6.45, 7) is 5.26. The molecule has 0 saturated carbocycles. The van der Waals surface area contributed by atoms with Crippen molar-refractivity contribution in [1.82, 2.24) is 40.7 Å². The van der Waals surface area contributed by atoms with E-state index in [1.165, 1.54) is 11.3 Å². The minimum atomic E-state index is -4.92. The van der Waals surface area contributed by atoms with E-state index in [9.17, 15) is 35.9 Å². The van der Waals surface area contributed by atoms with E-state index in [4.69, 9.17) is 4.74 Å². The number of nitrogens with one attached hydrogen (secondary N) is 2. The summed E-state index contributed by atoms with van der Waals surface area (Å²) in [5, 5.41) is 19.3. The van der Waals surface area contributed by atoms with Crippen molar-refractivity contribution in [3.8, 4) is 5.75 Å². The monoisotopic (exact) mass is 812 g/mol. The second-order valence-corrected chi connectivity index (χ2v) is 16.0. The van der Waals surface area contributed by atoms with Gasteiger partial charge < -0.3 is 19.9 Å². The van der Waals surface area contributed by atoms with Crippen LogP contribution in [0.2, 0.25) is 0 Å². The average Bonchev–Trinajstić information content (AvgIpc) is 3.93. The molecule has 1 saturated heterocycles. The summed E-state index contributed by atoms with van der Waals surface area (Å²) in [5.74, 6) is -2.10. The summed E-state index contributed by atoms with van der Waals surface area (Å²) in [7, 11) is 0. The van der Waals surface area contributed by atoms with Gasteiger partial charge in [-0.25, -0.2) is 0 Å². The Morgan fingerprint density at radius 2 is 1.85 bits per heavy atom. The molecule has 3 atom stereocenters. The highest BCUT2D eigenvalue weighted by atomic mass is 32.1. The van der Waals surface area contributed by atoms with Crippen LogP contribution in [-0.2, 0) is 34.9 Å². The van der Waals surface area contributed by atoms with Gasteiger partial charge in [0.1, 0.15) is 16.3 Å². The van der Waals surface area contributed by atoms with Crippen LogP contribution in [0.1, 0.15) is 96.1 Å². The maximum atomic E-state index is 15.5. The summed E-state index contributed by atoms with van der Waals surface area (Å²) in [6, 6.07) is 2.60. The quantitative estimate of drug-likeness (QED) is 0.157. The molecule has 0 radical (unpaired) electrons. The number of nitrogens with zero attached hydrogens (tertiary/aromatic N) is 6. The Kier molecular flexibility index (Phi) is 11.3. The Balaban J connectivity index is 1.42. The third kappa shape index (κ3) is 8.20. The van der Waals surface area contributed by atoms with Crippen LogP contribution in [0.3, 0.4) is 0 Å². The van der Waals surface area contributed by atoms with Crippen LogP contribution in [0.4, 0.5) is 26.3 Å². The van der Waals surface area contributed by atoms with Crippen molar-refractivity contribution in [1.29, 1.82) is 0 Å². The summed E-state index contributed by atoms with van der Waals surface area (Å²) < 4.78 is 90.4. The van der Waals surface area contributed by atoms with Gasteiger partial charge >= 0.3 is 12.4 Å². The summed E-state index contributed by atoms with van der Waals surface area (Å²) in [4.78, 5) is 49.7. The maximum Gasteiger partial charge on any atom is 0.425 e. The molecule has 4 aromatic heterocycles. The average molecular weight is 813 g/mol. The molecule has 0 aromatic carbocycles. The van der Waals surface area contributed by atoms with Gasteiger partial charge in [-0.2, -0.15) is 31.6 Å². The standard InChI is InChI=1S/C35H38F6N8O4S2/c1-4-7-24-33(53-21-16-25(55-19-21)35(39,40)41,11-6-13-49(24)29(50)27-22(34(36,37)38)8-5-12-42-27)31(52)48-14-9-20-10-15-54-28(20)23(48)17-32(2,3)30(51)43-18-26-44-46-47-45-26/h5,8,10,12,15-16,19,23-24H,4,6-7,9,11,13-14,17-18H2,1-3H3,(H,43,51)(H,44,45,46,47)/t23?,24-,33+/m1/s1. The highest BCUT2D eigenvalue weighted by molar-refractivity contribution is 7.10. The van der Waals surface area contributed by atoms with Crippen LogP contribution in [0.25, 0.3) is 0 Å². The smallest absolute Gasteiger partial charge is 0.425 e. The van der Waals surface area contributed by atoms with Crippen molar-refractivity contribution in [3.05, 3.63) is 73.6 Å². The van der Waals surface area contributed by atoms with Gasteiger partial charge in [-0.1, -0.05) is 32.4 Å². The topological polar surface area (TPSA) is 146 Å². The van der Waals surface area contributed by atoms with Crippen LogP contribution >= 0.6 is 22.7 Å². The van der Waals surface area contributed by atoms with Gasteiger partial charge in [0.2, 0.25) is 11.5 Å². The Hall–Kier alpha value is -4.59. The highest BCUT2D eigenvalue weighted by Crippen LogP contribution is 2.47. The minimum absolute atomic E-state index is 0.0112. The number of tetrazole rings is 1. The number of fused-ring (bicyclic) bond motifs is 1. The predicted octanol–water partition coefficient (Wildman–Crippen LogP) is 6.84. The number of thiophene rings is 2. The molecular formula is C35H38F6N8O4S2. The van der Waals surface area contributed by atoms with Crippen molar-refractivity contribution in [2.75, 3.05) is 13.1 Å². The number of ether oxygens (including phenoxy) is 1. The SMILES string of the molecule is CCC[C@H]1N(C(=O)c2ncccc2C(F)(F)F)CCC[C@@]1(Oc1csc(C(F)(F)F)c1)C(=O)N1CCc2ccsc2C1CC(C)(C)C(=O)NCc1nn[nH]n1. The zero-order valence-electron chi connectivity index (χ0n) is 30.0. The van der Waals surface area contributed by atoms with E-state index in [-0.39, 0.29) is 62.8 Å². The number of halogens is 6. The highest BCUT2D eigenvalue weighted by Gasteiger charge is 2.57. The van der Waals surface area contributed by atoms with Crippen LogP contribution < -0.4 is 10.1 Å². The molecule has 4 aromatic rings. The lowest BCUT2D eigenvalue weighted by Gasteiger charge is -2.51. The van der Waals surface area contributed by atoms with Crippen molar-refractivity contribution in [3.63, 3.8) is 0 Å². The van der Waals surface area contributed by atoms with Gasteiger partial charge in [0.05, 0.1) is 24.2 Å². The van der Waals surface area contributed by atoms with Crippen molar-refractivity contribution in [2.45, 2.75) is 95.9 Å². The van der Waals surface area contributed by atoms with Crippen molar-refractivity contribution >= 4 is 40.4 Å². The van der Waals surface area contributed by atoms with Crippen LogP contribution in [0.15, 0.2) is 41.2 Å². The number of hydrogen-bond donors (Lipinski definition) is 2. The van der Waals surface area contributed by atoms with E-state index in [0.29, 0.717) is 24.2 Å². The number of alkyl halides is 6. The van der Waals surface area contributed by atoms with Gasteiger partial charge in [-0.3, -0.25) is 19.4 Å². The largest absolute Gasteiger partial charge is 0.474 e. The van der Waals surface area contributed by atoms with Crippen LogP contribution in [0.5, 0.6) is 5.75 Å². The van der Waals surface area contributed by atoms with E-state index < -0.39 is 63.4 Å². The van der Waals surface area contributed by atoms with Crippen molar-refractivity contribution in [2.24, 2.45) is 5.41 Å². The first-order chi connectivity index (χ1) is 26.0. The fraction of sp³-hybridized carbons (Fsp3) is 0.514.